The lowest BCUT2D eigenvalue weighted by Crippen LogP contribution is -2.52. The smallest absolute Gasteiger partial charge is 0.255 e. The van der Waals surface area contributed by atoms with Crippen molar-refractivity contribution in [1.29, 1.82) is 0 Å². The summed E-state index contributed by atoms with van der Waals surface area (Å²) in [5.41, 5.74) is 4.02. The molecule has 5 aromatic rings. The molecule has 3 amide bonds. The van der Waals surface area contributed by atoms with Gasteiger partial charge in [-0.15, -0.1) is 0 Å². The van der Waals surface area contributed by atoms with E-state index in [1.807, 2.05) is 37.5 Å². The quantitative estimate of drug-likeness (QED) is 0.207. The summed E-state index contributed by atoms with van der Waals surface area (Å²) in [5, 5.41) is 6.83. The number of aromatic nitrogens is 4. The van der Waals surface area contributed by atoms with Crippen LogP contribution in [0.4, 0.5) is 24.8 Å². The maximum Gasteiger partial charge on any atom is 0.255 e. The van der Waals surface area contributed by atoms with Crippen LogP contribution in [0.3, 0.4) is 0 Å². The molecule has 4 aliphatic heterocycles. The Balaban J connectivity index is 0.861. The van der Waals surface area contributed by atoms with Gasteiger partial charge in [0.05, 0.1) is 23.5 Å². The monoisotopic (exact) mass is 763 g/mol. The van der Waals surface area contributed by atoms with Crippen LogP contribution in [0.15, 0.2) is 67.0 Å². The van der Waals surface area contributed by atoms with Gasteiger partial charge in [0.15, 0.2) is 5.65 Å². The van der Waals surface area contributed by atoms with E-state index < -0.39 is 35.3 Å². The molecule has 0 saturated carbocycles. The lowest BCUT2D eigenvalue weighted by atomic mass is 10.0. The van der Waals surface area contributed by atoms with Gasteiger partial charge in [0.1, 0.15) is 35.1 Å². The second-order valence-corrected chi connectivity index (χ2v) is 15.1. The molecule has 7 heterocycles. The molecule has 9 rings (SSSR count). The second-order valence-electron chi connectivity index (χ2n) is 15.1. The molecule has 2 atom stereocenters. The molecule has 3 aromatic heterocycles. The predicted octanol–water partition coefficient (Wildman–Crippen LogP) is 5.41. The fourth-order valence-electron chi connectivity index (χ4n) is 8.78. The fraction of sp³-hybridized carbons (Fsp3) is 0.366. The number of piperidine rings is 2. The number of nitrogens with one attached hydrogen (secondary N) is 1. The Kier molecular flexibility index (Phi) is 9.18. The number of carbonyl (C=O) groups is 3. The molecule has 0 bridgehead atoms. The summed E-state index contributed by atoms with van der Waals surface area (Å²) in [7, 11) is 1.99. The summed E-state index contributed by atoms with van der Waals surface area (Å²) in [6.45, 7) is 2.76. The van der Waals surface area contributed by atoms with Crippen LogP contribution in [0.25, 0.3) is 16.9 Å². The van der Waals surface area contributed by atoms with Gasteiger partial charge in [0, 0.05) is 74.1 Å². The number of nitrogens with zero attached hydrogens (tertiary/aromatic N) is 8. The van der Waals surface area contributed by atoms with Crippen LogP contribution in [-0.2, 0) is 22.7 Å². The molecule has 15 heteroatoms. The van der Waals surface area contributed by atoms with Gasteiger partial charge in [-0.3, -0.25) is 24.6 Å². The maximum absolute atomic E-state index is 15.4. The molecule has 288 valence electrons. The Morgan fingerprint density at radius 1 is 0.839 bits per heavy atom. The molecule has 0 radical (unpaired) electrons. The number of hydrogen-bond acceptors (Lipinski definition) is 9. The average molecular weight is 764 g/mol. The highest BCUT2D eigenvalue weighted by molar-refractivity contribution is 6.05. The molecule has 4 aliphatic rings. The molecule has 3 saturated heterocycles. The van der Waals surface area contributed by atoms with Gasteiger partial charge < -0.3 is 14.7 Å². The van der Waals surface area contributed by atoms with Crippen LogP contribution < -0.4 is 15.1 Å². The van der Waals surface area contributed by atoms with E-state index in [0.717, 1.165) is 61.9 Å². The number of pyridine rings is 1. The molecule has 1 N–H and O–H groups in total. The van der Waals surface area contributed by atoms with Crippen molar-refractivity contribution in [3.63, 3.8) is 0 Å². The minimum atomic E-state index is -0.748. The zero-order chi connectivity index (χ0) is 38.7. The average Bonchev–Trinajstić information content (AvgIpc) is 3.93. The topological polar surface area (TPSA) is 119 Å². The Labute approximate surface area is 320 Å². The van der Waals surface area contributed by atoms with E-state index in [-0.39, 0.29) is 42.9 Å². The Morgan fingerprint density at radius 3 is 2.48 bits per heavy atom. The van der Waals surface area contributed by atoms with Crippen molar-refractivity contribution < 1.29 is 27.6 Å². The van der Waals surface area contributed by atoms with Gasteiger partial charge in [-0.25, -0.2) is 27.7 Å². The van der Waals surface area contributed by atoms with E-state index in [1.54, 1.807) is 16.8 Å². The molecular formula is C41H40F3N9O3. The number of rotatable bonds is 8. The highest BCUT2D eigenvalue weighted by atomic mass is 19.1. The van der Waals surface area contributed by atoms with Crippen molar-refractivity contribution in [3.8, 4) is 11.3 Å². The van der Waals surface area contributed by atoms with Gasteiger partial charge in [0.25, 0.3) is 5.91 Å². The number of benzene rings is 2. The molecule has 56 heavy (non-hydrogen) atoms. The lowest BCUT2D eigenvalue weighted by molar-refractivity contribution is -0.136. The highest BCUT2D eigenvalue weighted by Crippen LogP contribution is 2.38. The molecule has 3 fully saturated rings. The third kappa shape index (κ3) is 6.52. The van der Waals surface area contributed by atoms with Crippen LogP contribution in [0.2, 0.25) is 0 Å². The number of fused-ring (bicyclic) bond motifs is 2. The third-order valence-corrected chi connectivity index (χ3v) is 11.8. The van der Waals surface area contributed by atoms with Crippen molar-refractivity contribution >= 4 is 35.0 Å². The van der Waals surface area contributed by atoms with Crippen molar-refractivity contribution in [2.45, 2.75) is 69.7 Å². The van der Waals surface area contributed by atoms with Crippen LogP contribution in [0.1, 0.15) is 71.6 Å². The van der Waals surface area contributed by atoms with Crippen LogP contribution in [0, 0.1) is 17.5 Å². The van der Waals surface area contributed by atoms with Crippen LogP contribution >= 0.6 is 0 Å². The number of amides is 3. The second kappa shape index (κ2) is 14.3. The number of carbonyl (C=O) groups excluding carboxylic acids is 3. The summed E-state index contributed by atoms with van der Waals surface area (Å²) in [5.74, 6) is -1.32. The van der Waals surface area contributed by atoms with Crippen molar-refractivity contribution in [1.82, 2.24) is 34.7 Å². The minimum Gasteiger partial charge on any atom is -0.356 e. The van der Waals surface area contributed by atoms with Gasteiger partial charge in [-0.1, -0.05) is 12.1 Å². The van der Waals surface area contributed by atoms with E-state index in [4.69, 9.17) is 9.97 Å². The highest BCUT2D eigenvalue weighted by Gasteiger charge is 2.40. The molecule has 0 spiro atoms. The first-order chi connectivity index (χ1) is 27.1. The third-order valence-electron chi connectivity index (χ3n) is 11.8. The predicted molar refractivity (Wildman–Crippen MR) is 201 cm³/mol. The van der Waals surface area contributed by atoms with Gasteiger partial charge >= 0.3 is 0 Å². The zero-order valence-corrected chi connectivity index (χ0v) is 30.8. The summed E-state index contributed by atoms with van der Waals surface area (Å²) in [4.78, 5) is 55.1. The SMILES string of the molecule is CN(Cc1cc2c(cc1F)C(=O)N(C1CCC(=O)NC1=O)C2)C1CCN(c2cccc(-c3cnn4ccc(N5CCC[C@@H]5c5ccc(F)cc5F)nc34)n2)CC1. The first-order valence-corrected chi connectivity index (χ1v) is 19.1. The number of halogens is 3. The van der Waals surface area contributed by atoms with Gasteiger partial charge in [0.2, 0.25) is 11.8 Å². The molecular weight excluding hydrogens is 724 g/mol. The maximum atomic E-state index is 15.4. The standard InChI is InChI=1S/C41H40F3N9O3/c1-49(22-25-18-24-23-52(41(56)29(24)20-31(25)43)35-9-10-38(54)48-40(35)55)27-11-15-50(16-12-27)36-6-2-4-33(46-36)30-21-45-53-17-13-37(47-39(30)53)51-14-3-5-34(51)28-8-7-26(42)19-32(28)44/h2,4,6-8,13,17-21,27,34-35H,3,5,9-12,14-16,22-23H2,1H3,(H,48,54,55)/t34-,35?/m1/s1. The van der Waals surface area contributed by atoms with Crippen molar-refractivity contribution in [3.05, 3.63) is 107 Å². The van der Waals surface area contributed by atoms with Crippen LogP contribution in [0.5, 0.6) is 0 Å². The first-order valence-electron chi connectivity index (χ1n) is 19.1. The summed E-state index contributed by atoms with van der Waals surface area (Å²) < 4.78 is 45.6. The molecule has 1 unspecified atom stereocenters. The van der Waals surface area contributed by atoms with Gasteiger partial charge in [-0.05, 0) is 81.1 Å². The lowest BCUT2D eigenvalue weighted by Gasteiger charge is -2.37. The van der Waals surface area contributed by atoms with Crippen molar-refractivity contribution in [2.75, 3.05) is 36.5 Å². The Bertz CT molecular complexity index is 2380. The van der Waals surface area contributed by atoms with Crippen molar-refractivity contribution in [2.24, 2.45) is 0 Å². The first kappa shape index (κ1) is 35.8. The largest absolute Gasteiger partial charge is 0.356 e. The summed E-state index contributed by atoms with van der Waals surface area (Å²) in [6, 6.07) is 13.7. The minimum absolute atomic E-state index is 0.160. The van der Waals surface area contributed by atoms with E-state index in [1.165, 1.54) is 23.1 Å². The fourth-order valence-corrected chi connectivity index (χ4v) is 8.78. The zero-order valence-electron chi connectivity index (χ0n) is 30.8. The van der Waals surface area contributed by atoms with E-state index in [2.05, 4.69) is 25.1 Å². The van der Waals surface area contributed by atoms with Gasteiger partial charge in [-0.2, -0.15) is 5.10 Å². The summed E-state index contributed by atoms with van der Waals surface area (Å²) >= 11 is 0. The number of imide groups is 1. The van der Waals surface area contributed by atoms with Crippen LogP contribution in [-0.4, -0.2) is 85.9 Å². The van der Waals surface area contributed by atoms with E-state index in [9.17, 15) is 23.2 Å². The summed E-state index contributed by atoms with van der Waals surface area (Å²) in [6.07, 6.45) is 7.27. The number of hydrogen-bond donors (Lipinski definition) is 1. The molecule has 0 aliphatic carbocycles. The Morgan fingerprint density at radius 2 is 1.68 bits per heavy atom. The Hall–Kier alpha value is -5.83. The van der Waals surface area contributed by atoms with E-state index >= 15 is 4.39 Å². The van der Waals surface area contributed by atoms with E-state index in [0.29, 0.717) is 41.2 Å². The molecule has 12 nitrogen and oxygen atoms in total. The molecule has 2 aromatic carbocycles. The number of anilines is 2. The normalized spacial score (nSPS) is 20.4.